The number of pyridine rings is 1. The molecule has 3 heterocycles. The number of fused-ring (bicyclic) bond motifs is 1. The van der Waals surface area contributed by atoms with Crippen molar-refractivity contribution < 1.29 is 9.32 Å². The van der Waals surface area contributed by atoms with Crippen LogP contribution < -0.4 is 5.76 Å². The van der Waals surface area contributed by atoms with Gasteiger partial charge in [-0.1, -0.05) is 78.0 Å². The number of aromatic nitrogens is 3. The van der Waals surface area contributed by atoms with Crippen LogP contribution in [0.15, 0.2) is 112 Å². The summed E-state index contributed by atoms with van der Waals surface area (Å²) in [5, 5.41) is 12.3. The lowest BCUT2D eigenvalue weighted by Gasteiger charge is -2.22. The van der Waals surface area contributed by atoms with Crippen LogP contribution in [0, 0.1) is 0 Å². The first-order chi connectivity index (χ1) is 17.7. The van der Waals surface area contributed by atoms with Crippen LogP contribution in [0.5, 0.6) is 0 Å². The van der Waals surface area contributed by atoms with E-state index >= 15 is 0 Å². The van der Waals surface area contributed by atoms with E-state index in [0.717, 1.165) is 27.6 Å². The fraction of sp³-hybridized carbons (Fsp3) is 0.107. The number of carbonyl (C=O) groups excluding carboxylic acids is 1. The lowest BCUT2D eigenvalue weighted by atomic mass is 9.97. The molecule has 1 unspecified atom stereocenters. The summed E-state index contributed by atoms with van der Waals surface area (Å²) in [5.74, 6) is -0.872. The maximum atomic E-state index is 13.6. The minimum atomic E-state index is -0.724. The van der Waals surface area contributed by atoms with Crippen LogP contribution in [0.3, 0.4) is 0 Å². The van der Waals surface area contributed by atoms with Gasteiger partial charge in [-0.2, -0.15) is 5.10 Å². The van der Waals surface area contributed by atoms with E-state index in [1.807, 2.05) is 48.5 Å². The minimum Gasteiger partial charge on any atom is -0.295 e. The molecule has 3 aromatic carbocycles. The Bertz CT molecular complexity index is 1640. The number of hydrazone groups is 1. The number of hydrogen-bond acceptors (Lipinski definition) is 6. The summed E-state index contributed by atoms with van der Waals surface area (Å²) in [7, 11) is 0. The van der Waals surface area contributed by atoms with Crippen LogP contribution in [0.2, 0.25) is 0 Å². The van der Waals surface area contributed by atoms with Crippen LogP contribution in [0.25, 0.3) is 22.3 Å². The Morgan fingerprint density at radius 2 is 1.69 bits per heavy atom. The monoisotopic (exact) mass is 475 g/mol. The molecule has 0 fully saturated rings. The Hall–Kier alpha value is -4.85. The topological polar surface area (TPSA) is 93.6 Å². The molecule has 36 heavy (non-hydrogen) atoms. The Morgan fingerprint density at radius 1 is 0.917 bits per heavy atom. The summed E-state index contributed by atoms with van der Waals surface area (Å²) in [6.45, 7) is -0.272. The number of rotatable bonds is 5. The van der Waals surface area contributed by atoms with Gasteiger partial charge in [0.25, 0.3) is 5.91 Å². The van der Waals surface area contributed by atoms with Gasteiger partial charge in [0, 0.05) is 12.6 Å². The van der Waals surface area contributed by atoms with Gasteiger partial charge in [-0.3, -0.25) is 14.3 Å². The molecule has 0 radical (unpaired) electrons. The first kappa shape index (κ1) is 21.7. The zero-order valence-electron chi connectivity index (χ0n) is 19.2. The quantitative estimate of drug-likeness (QED) is 0.375. The number of amides is 1. The average Bonchev–Trinajstić information content (AvgIpc) is 3.54. The number of nitrogens with zero attached hydrogens (tertiary/aromatic N) is 5. The molecule has 0 bridgehead atoms. The molecular formula is C28H21N5O3. The van der Waals surface area contributed by atoms with E-state index < -0.39 is 5.76 Å². The van der Waals surface area contributed by atoms with Crippen molar-refractivity contribution in [3.8, 4) is 11.5 Å². The Labute approximate surface area is 206 Å². The summed E-state index contributed by atoms with van der Waals surface area (Å²) in [6, 6.07) is 29.0. The fourth-order valence-electron chi connectivity index (χ4n) is 4.51. The summed E-state index contributed by atoms with van der Waals surface area (Å²) in [6.07, 6.45) is 2.15. The maximum Gasteiger partial charge on any atom is 0.442 e. The summed E-state index contributed by atoms with van der Waals surface area (Å²) in [4.78, 5) is 30.2. The van der Waals surface area contributed by atoms with Gasteiger partial charge in [0.2, 0.25) is 5.82 Å². The predicted molar refractivity (Wildman–Crippen MR) is 135 cm³/mol. The van der Waals surface area contributed by atoms with Crippen LogP contribution in [-0.2, 0) is 11.3 Å². The van der Waals surface area contributed by atoms with E-state index in [2.05, 4.69) is 34.4 Å². The van der Waals surface area contributed by atoms with Crippen LogP contribution in [0.4, 0.5) is 0 Å². The molecule has 8 nitrogen and oxygen atoms in total. The second kappa shape index (κ2) is 9.07. The van der Waals surface area contributed by atoms with E-state index in [4.69, 9.17) is 9.62 Å². The molecule has 0 saturated heterocycles. The van der Waals surface area contributed by atoms with Crippen molar-refractivity contribution in [3.05, 3.63) is 119 Å². The van der Waals surface area contributed by atoms with Crippen LogP contribution >= 0.6 is 0 Å². The lowest BCUT2D eigenvalue weighted by molar-refractivity contribution is -0.133. The molecular weight excluding hydrogens is 454 g/mol. The second-order valence-electron chi connectivity index (χ2n) is 8.55. The van der Waals surface area contributed by atoms with E-state index in [9.17, 15) is 9.59 Å². The fourth-order valence-corrected chi connectivity index (χ4v) is 4.51. The predicted octanol–water partition coefficient (Wildman–Crippen LogP) is 4.43. The first-order valence-corrected chi connectivity index (χ1v) is 11.6. The van der Waals surface area contributed by atoms with Gasteiger partial charge < -0.3 is 0 Å². The standard InChI is InChI=1S/C28H21N5O3/c34-26(18-32-27(31-36-28(32)35)23-12-6-7-15-29-23)33-25(20-9-2-1-3-10-20)17-24(30-33)22-14-13-19-8-4-5-11-21(19)16-22/h1-16,25H,17-18H2. The van der Waals surface area contributed by atoms with Crippen molar-refractivity contribution in [2.24, 2.45) is 5.10 Å². The van der Waals surface area contributed by atoms with Crippen molar-refractivity contribution in [2.45, 2.75) is 19.0 Å². The van der Waals surface area contributed by atoms with Crippen molar-refractivity contribution in [1.29, 1.82) is 0 Å². The molecule has 1 aliphatic heterocycles. The van der Waals surface area contributed by atoms with Gasteiger partial charge in [0.1, 0.15) is 12.2 Å². The van der Waals surface area contributed by atoms with Crippen LogP contribution in [0.1, 0.15) is 23.6 Å². The number of benzene rings is 3. The summed E-state index contributed by atoms with van der Waals surface area (Å²) >= 11 is 0. The molecule has 8 heteroatoms. The Balaban J connectivity index is 1.36. The lowest BCUT2D eigenvalue weighted by Crippen LogP contribution is -2.33. The molecule has 1 atom stereocenters. The molecule has 6 rings (SSSR count). The van der Waals surface area contributed by atoms with E-state index in [0.29, 0.717) is 12.1 Å². The number of carbonyl (C=O) groups is 1. The molecule has 0 spiro atoms. The van der Waals surface area contributed by atoms with Gasteiger partial charge in [-0.05, 0) is 40.1 Å². The second-order valence-corrected chi connectivity index (χ2v) is 8.55. The van der Waals surface area contributed by atoms with Gasteiger partial charge >= 0.3 is 5.76 Å². The average molecular weight is 476 g/mol. The van der Waals surface area contributed by atoms with Gasteiger partial charge in [0.05, 0.1) is 11.8 Å². The third kappa shape index (κ3) is 3.98. The SMILES string of the molecule is O=C(Cn1c(-c2ccccn2)noc1=O)N1N=C(c2ccc3ccccc3c2)CC1c1ccccc1. The molecule has 0 aliphatic carbocycles. The highest BCUT2D eigenvalue weighted by Crippen LogP contribution is 2.33. The van der Waals surface area contributed by atoms with Gasteiger partial charge in [-0.25, -0.2) is 14.4 Å². The summed E-state index contributed by atoms with van der Waals surface area (Å²) < 4.78 is 6.06. The zero-order chi connectivity index (χ0) is 24.5. The van der Waals surface area contributed by atoms with E-state index in [1.165, 1.54) is 9.58 Å². The Morgan fingerprint density at radius 3 is 2.50 bits per heavy atom. The highest BCUT2D eigenvalue weighted by atomic mass is 16.5. The van der Waals surface area contributed by atoms with Crippen molar-refractivity contribution >= 4 is 22.4 Å². The van der Waals surface area contributed by atoms with Crippen molar-refractivity contribution in [3.63, 3.8) is 0 Å². The van der Waals surface area contributed by atoms with Gasteiger partial charge in [0.15, 0.2) is 0 Å². The van der Waals surface area contributed by atoms with E-state index in [1.54, 1.807) is 24.4 Å². The number of hydrogen-bond donors (Lipinski definition) is 0. The van der Waals surface area contributed by atoms with Crippen molar-refractivity contribution in [1.82, 2.24) is 19.7 Å². The van der Waals surface area contributed by atoms with Crippen LogP contribution in [-0.4, -0.2) is 31.3 Å². The van der Waals surface area contributed by atoms with Crippen molar-refractivity contribution in [2.75, 3.05) is 0 Å². The smallest absolute Gasteiger partial charge is 0.295 e. The highest BCUT2D eigenvalue weighted by Gasteiger charge is 2.34. The molecule has 0 saturated carbocycles. The summed E-state index contributed by atoms with van der Waals surface area (Å²) in [5.41, 5.74) is 3.18. The largest absolute Gasteiger partial charge is 0.442 e. The van der Waals surface area contributed by atoms with Gasteiger partial charge in [-0.15, -0.1) is 0 Å². The molecule has 5 aromatic rings. The maximum absolute atomic E-state index is 13.6. The highest BCUT2D eigenvalue weighted by molar-refractivity contribution is 6.05. The zero-order valence-corrected chi connectivity index (χ0v) is 19.2. The third-order valence-corrected chi connectivity index (χ3v) is 6.31. The minimum absolute atomic E-state index is 0.197. The normalized spacial score (nSPS) is 15.3. The molecule has 176 valence electrons. The molecule has 1 aliphatic rings. The van der Waals surface area contributed by atoms with E-state index in [-0.39, 0.29) is 24.3 Å². The molecule has 0 N–H and O–H groups in total. The first-order valence-electron chi connectivity index (χ1n) is 11.6. The molecule has 1 amide bonds. The molecule has 2 aromatic heterocycles. The Kier molecular flexibility index (Phi) is 5.46. The third-order valence-electron chi connectivity index (χ3n) is 6.31.